The number of hydrogen-bond donors (Lipinski definition) is 0. The molecule has 0 bridgehead atoms. The van der Waals surface area contributed by atoms with Gasteiger partial charge in [-0.15, -0.1) is 0 Å². The zero-order chi connectivity index (χ0) is 29.4. The molecule has 3 heteroatoms. The van der Waals surface area contributed by atoms with E-state index in [1.807, 2.05) is 20.8 Å². The van der Waals surface area contributed by atoms with E-state index in [-0.39, 0.29) is 28.2 Å². The van der Waals surface area contributed by atoms with Crippen molar-refractivity contribution in [1.29, 1.82) is 0 Å². The van der Waals surface area contributed by atoms with E-state index in [1.54, 1.807) is 0 Å². The predicted molar refractivity (Wildman–Crippen MR) is 164 cm³/mol. The molecule has 0 amide bonds. The number of fused-ring (bicyclic) bond motifs is 3. The van der Waals surface area contributed by atoms with Crippen LogP contribution in [-0.2, 0) is 16.0 Å². The third-order valence-electron chi connectivity index (χ3n) is 11.4. The summed E-state index contributed by atoms with van der Waals surface area (Å²) in [5.74, 6) is 0.768. The zero-order valence-electron chi connectivity index (χ0n) is 26.3. The second-order valence-corrected chi connectivity index (χ2v) is 14.6. The van der Waals surface area contributed by atoms with Gasteiger partial charge in [-0.05, 0) is 106 Å². The predicted octanol–water partition coefficient (Wildman–Crippen LogP) is 9.07. The van der Waals surface area contributed by atoms with Crippen LogP contribution < -0.4 is 0 Å². The second-order valence-electron chi connectivity index (χ2n) is 14.6. The second kappa shape index (κ2) is 9.78. The Bertz CT molecular complexity index is 1410. The number of carbonyl (C=O) groups is 3. The van der Waals surface area contributed by atoms with Crippen molar-refractivity contribution in [3.63, 3.8) is 0 Å². The lowest BCUT2D eigenvalue weighted by Gasteiger charge is -2.59. The fourth-order valence-corrected chi connectivity index (χ4v) is 9.28. The molecule has 1 fully saturated rings. The van der Waals surface area contributed by atoms with Crippen molar-refractivity contribution in [1.82, 2.24) is 0 Å². The minimum absolute atomic E-state index is 0.0966. The molecule has 3 unspecified atom stereocenters. The lowest BCUT2D eigenvalue weighted by atomic mass is 9.42. The van der Waals surface area contributed by atoms with E-state index in [4.69, 9.17) is 0 Å². The molecule has 1 aromatic rings. The monoisotopic (exact) mass is 540 g/mol. The summed E-state index contributed by atoms with van der Waals surface area (Å²) in [4.78, 5) is 41.5. The van der Waals surface area contributed by atoms with Crippen LogP contribution in [0, 0.1) is 29.1 Å². The molecule has 1 aromatic carbocycles. The summed E-state index contributed by atoms with van der Waals surface area (Å²) >= 11 is 0. The highest BCUT2D eigenvalue weighted by Gasteiger charge is 2.63. The average molecular weight is 541 g/mol. The third-order valence-corrected chi connectivity index (χ3v) is 11.4. The number of carbonyl (C=O) groups excluding carboxylic acids is 3. The maximum absolute atomic E-state index is 14.8. The highest BCUT2D eigenvalue weighted by atomic mass is 16.2. The van der Waals surface area contributed by atoms with Crippen molar-refractivity contribution in [2.75, 3.05) is 0 Å². The molecule has 0 aliphatic heterocycles. The van der Waals surface area contributed by atoms with Crippen LogP contribution in [-0.4, -0.2) is 17.3 Å². The van der Waals surface area contributed by atoms with E-state index in [0.29, 0.717) is 23.8 Å². The highest BCUT2D eigenvalue weighted by molar-refractivity contribution is 6.24. The van der Waals surface area contributed by atoms with E-state index in [2.05, 4.69) is 52.8 Å². The van der Waals surface area contributed by atoms with Crippen molar-refractivity contribution in [3.8, 4) is 0 Å². The Morgan fingerprint density at radius 2 is 1.65 bits per heavy atom. The molecule has 1 saturated carbocycles. The van der Waals surface area contributed by atoms with Gasteiger partial charge in [0.1, 0.15) is 0 Å². The fourth-order valence-electron chi connectivity index (χ4n) is 9.28. The van der Waals surface area contributed by atoms with Crippen molar-refractivity contribution in [3.05, 3.63) is 62.3 Å². The summed E-state index contributed by atoms with van der Waals surface area (Å²) in [5, 5.41) is 0. The number of rotatable bonds is 4. The summed E-state index contributed by atoms with van der Waals surface area (Å²) < 4.78 is 0. The minimum atomic E-state index is -0.872. The van der Waals surface area contributed by atoms with Crippen molar-refractivity contribution >= 4 is 23.4 Å². The summed E-state index contributed by atoms with van der Waals surface area (Å²) in [6.45, 7) is 18.5. The van der Waals surface area contributed by atoms with Gasteiger partial charge in [0, 0.05) is 16.6 Å². The molecule has 4 aliphatic carbocycles. The Kier molecular flexibility index (Phi) is 7.08. The Morgan fingerprint density at radius 3 is 2.25 bits per heavy atom. The summed E-state index contributed by atoms with van der Waals surface area (Å²) in [7, 11) is 0. The fraction of sp³-hybridized carbons (Fsp3) is 0.595. The van der Waals surface area contributed by atoms with Gasteiger partial charge in [-0.1, -0.05) is 76.3 Å². The Hall–Kier alpha value is -2.55. The first kappa shape index (κ1) is 29.0. The minimum Gasteiger partial charge on any atom is -0.294 e. The van der Waals surface area contributed by atoms with Gasteiger partial charge in [-0.25, -0.2) is 0 Å². The van der Waals surface area contributed by atoms with E-state index in [9.17, 15) is 14.4 Å². The molecular weight excluding hydrogens is 492 g/mol. The van der Waals surface area contributed by atoms with E-state index in [0.717, 1.165) is 46.3 Å². The maximum Gasteiger partial charge on any atom is 0.190 e. The molecule has 5 rings (SSSR count). The molecule has 0 spiro atoms. The van der Waals surface area contributed by atoms with Crippen LogP contribution in [0.3, 0.4) is 0 Å². The maximum atomic E-state index is 14.8. The third kappa shape index (κ3) is 4.09. The largest absolute Gasteiger partial charge is 0.294 e. The summed E-state index contributed by atoms with van der Waals surface area (Å²) in [5.41, 5.74) is 6.92. The van der Waals surface area contributed by atoms with Crippen molar-refractivity contribution in [2.24, 2.45) is 22.2 Å². The standard InChI is InChI=1S/C37H48O3/c1-21(2)28-17-27(16-15-26-13-11-10-12-14-26)23(4)31-29(28)19-35(7)20-36(8)18-22(3)30(25(6)38)34(40)37(36,9)24(5)32(35)33(31)39/h15-17,21,26H,10-14,18-20H2,1-9H3. The molecule has 3 atom stereocenters. The van der Waals surface area contributed by atoms with Gasteiger partial charge in [0.2, 0.25) is 0 Å². The van der Waals surface area contributed by atoms with E-state index < -0.39 is 5.41 Å². The van der Waals surface area contributed by atoms with Gasteiger partial charge >= 0.3 is 0 Å². The topological polar surface area (TPSA) is 51.2 Å². The molecule has 0 N–H and O–H groups in total. The number of Topliss-reactive ketones (excluding diaryl/α,β-unsaturated/α-hetero) is 3. The molecular formula is C37H48O3. The van der Waals surface area contributed by atoms with Gasteiger partial charge < -0.3 is 0 Å². The van der Waals surface area contributed by atoms with Crippen LogP contribution in [0.4, 0.5) is 0 Å². The highest BCUT2D eigenvalue weighted by Crippen LogP contribution is 2.66. The van der Waals surface area contributed by atoms with Gasteiger partial charge in [-0.3, -0.25) is 14.4 Å². The molecule has 3 nitrogen and oxygen atoms in total. The number of ketones is 3. The van der Waals surface area contributed by atoms with Crippen LogP contribution in [0.25, 0.3) is 6.08 Å². The Labute approximate surface area is 241 Å². The molecule has 0 aromatic heterocycles. The lowest BCUT2D eigenvalue weighted by Crippen LogP contribution is -2.57. The van der Waals surface area contributed by atoms with Crippen molar-refractivity contribution in [2.45, 2.75) is 120 Å². The lowest BCUT2D eigenvalue weighted by molar-refractivity contribution is -0.134. The Morgan fingerprint density at radius 1 is 1.00 bits per heavy atom. The molecule has 214 valence electrons. The average Bonchev–Trinajstić information content (AvgIpc) is 2.85. The van der Waals surface area contributed by atoms with Gasteiger partial charge in [0.15, 0.2) is 17.3 Å². The molecule has 40 heavy (non-hydrogen) atoms. The van der Waals surface area contributed by atoms with Gasteiger partial charge in [0.05, 0.1) is 11.0 Å². The SMILES string of the molecule is CC(=O)C1=C(C)CC2(C)CC3(C)Cc4c(C(C)C)cc(C=CC5CCCCC5)c(C)c4C(=O)C3=C(C)C2(C)C1=O. The Balaban J connectivity index is 1.70. The first-order valence-electron chi connectivity index (χ1n) is 15.5. The van der Waals surface area contributed by atoms with Crippen LogP contribution in [0.5, 0.6) is 0 Å². The van der Waals surface area contributed by atoms with Gasteiger partial charge in [0.25, 0.3) is 0 Å². The van der Waals surface area contributed by atoms with Crippen LogP contribution in [0.1, 0.15) is 139 Å². The number of benzene rings is 1. The van der Waals surface area contributed by atoms with Crippen LogP contribution in [0.15, 0.2) is 34.4 Å². The normalized spacial score (nSPS) is 31.1. The number of hydrogen-bond acceptors (Lipinski definition) is 3. The molecule has 0 saturated heterocycles. The summed E-state index contributed by atoms with van der Waals surface area (Å²) in [6.07, 6.45) is 13.4. The van der Waals surface area contributed by atoms with E-state index >= 15 is 0 Å². The quantitative estimate of drug-likeness (QED) is 0.358. The van der Waals surface area contributed by atoms with Gasteiger partial charge in [-0.2, -0.15) is 0 Å². The van der Waals surface area contributed by atoms with E-state index in [1.165, 1.54) is 50.2 Å². The zero-order valence-corrected chi connectivity index (χ0v) is 26.3. The summed E-state index contributed by atoms with van der Waals surface area (Å²) in [6, 6.07) is 2.35. The van der Waals surface area contributed by atoms with Crippen molar-refractivity contribution < 1.29 is 14.4 Å². The first-order valence-corrected chi connectivity index (χ1v) is 15.5. The smallest absolute Gasteiger partial charge is 0.190 e. The number of allylic oxidation sites excluding steroid dienone is 5. The van der Waals surface area contributed by atoms with Crippen LogP contribution >= 0.6 is 0 Å². The van der Waals surface area contributed by atoms with Crippen LogP contribution in [0.2, 0.25) is 0 Å². The first-order chi connectivity index (χ1) is 18.7. The molecule has 0 heterocycles. The molecule has 4 aliphatic rings. The molecule has 0 radical (unpaired) electrons.